The molecule has 0 amide bonds. The van der Waals surface area contributed by atoms with Crippen molar-refractivity contribution in [2.75, 3.05) is 13.2 Å². The number of thiophene rings is 1. The zero-order valence-corrected chi connectivity index (χ0v) is 15.5. The maximum absolute atomic E-state index is 14.3. The monoisotopic (exact) mass is 377 g/mol. The summed E-state index contributed by atoms with van der Waals surface area (Å²) >= 11 is 1.44. The van der Waals surface area contributed by atoms with Crippen molar-refractivity contribution in [2.24, 2.45) is 0 Å². The maximum atomic E-state index is 14.3. The summed E-state index contributed by atoms with van der Waals surface area (Å²) in [6, 6.07) is 7.28. The first-order valence-corrected chi connectivity index (χ1v) is 9.26. The molecule has 0 fully saturated rings. The van der Waals surface area contributed by atoms with E-state index >= 15 is 0 Å². The van der Waals surface area contributed by atoms with E-state index in [2.05, 4.69) is 0 Å². The fourth-order valence-corrected chi connectivity index (χ4v) is 4.18. The lowest BCUT2D eigenvalue weighted by molar-refractivity contribution is -0.150. The van der Waals surface area contributed by atoms with Crippen molar-refractivity contribution >= 4 is 23.3 Å². The number of rotatable bonds is 5. The third kappa shape index (κ3) is 3.94. The topological polar surface area (TPSA) is 55.8 Å². The van der Waals surface area contributed by atoms with Crippen LogP contribution in [-0.2, 0) is 27.3 Å². The molecule has 0 radical (unpaired) electrons. The molecule has 1 aliphatic heterocycles. The van der Waals surface area contributed by atoms with E-state index in [1.807, 2.05) is 11.0 Å². The van der Waals surface area contributed by atoms with Gasteiger partial charge in [-0.1, -0.05) is 18.2 Å². The van der Waals surface area contributed by atoms with Gasteiger partial charge in [0.25, 0.3) is 0 Å². The lowest BCUT2D eigenvalue weighted by Crippen LogP contribution is -2.39. The van der Waals surface area contributed by atoms with Gasteiger partial charge in [-0.25, -0.2) is 9.18 Å². The molecule has 0 spiro atoms. The second kappa shape index (κ2) is 7.97. The molecule has 1 atom stereocenters. The Morgan fingerprint density at radius 3 is 2.81 bits per heavy atom. The van der Waals surface area contributed by atoms with Gasteiger partial charge >= 0.3 is 11.9 Å². The van der Waals surface area contributed by atoms with E-state index in [1.165, 1.54) is 24.3 Å². The quantitative estimate of drug-likeness (QED) is 0.747. The van der Waals surface area contributed by atoms with Gasteiger partial charge in [0.2, 0.25) is 0 Å². The molecule has 0 bridgehead atoms. The fourth-order valence-electron chi connectivity index (χ4n) is 3.13. The van der Waals surface area contributed by atoms with Crippen LogP contribution in [0.4, 0.5) is 4.39 Å². The van der Waals surface area contributed by atoms with Crippen LogP contribution < -0.4 is 4.74 Å². The molecular weight excluding hydrogens is 357 g/mol. The largest absolute Gasteiger partial charge is 0.465 e. The van der Waals surface area contributed by atoms with Gasteiger partial charge in [-0.3, -0.25) is 9.69 Å². The van der Waals surface area contributed by atoms with Crippen molar-refractivity contribution in [3.05, 3.63) is 52.2 Å². The number of fused-ring (bicyclic) bond motifs is 1. The van der Waals surface area contributed by atoms with E-state index in [-0.39, 0.29) is 12.6 Å². The van der Waals surface area contributed by atoms with Gasteiger partial charge in [-0.05, 0) is 31.0 Å². The molecule has 0 saturated heterocycles. The van der Waals surface area contributed by atoms with Crippen LogP contribution in [0.25, 0.3) is 0 Å². The van der Waals surface area contributed by atoms with Crippen LogP contribution in [0.2, 0.25) is 0 Å². The van der Waals surface area contributed by atoms with Crippen LogP contribution in [0.3, 0.4) is 0 Å². The van der Waals surface area contributed by atoms with E-state index in [0.717, 1.165) is 10.4 Å². The number of nitrogens with zero attached hydrogens (tertiary/aromatic N) is 1. The van der Waals surface area contributed by atoms with E-state index in [9.17, 15) is 14.0 Å². The van der Waals surface area contributed by atoms with Crippen LogP contribution in [0.5, 0.6) is 5.06 Å². The van der Waals surface area contributed by atoms with Crippen molar-refractivity contribution in [1.82, 2.24) is 4.90 Å². The second-order valence-electron chi connectivity index (χ2n) is 6.00. The van der Waals surface area contributed by atoms with Crippen molar-refractivity contribution in [3.63, 3.8) is 0 Å². The first-order chi connectivity index (χ1) is 12.5. The van der Waals surface area contributed by atoms with Crippen molar-refractivity contribution in [3.8, 4) is 5.06 Å². The molecule has 26 heavy (non-hydrogen) atoms. The highest BCUT2D eigenvalue weighted by atomic mass is 32.1. The highest BCUT2D eigenvalue weighted by Gasteiger charge is 2.34. The summed E-state index contributed by atoms with van der Waals surface area (Å²) in [5.74, 6) is -1.25. The van der Waals surface area contributed by atoms with Crippen molar-refractivity contribution in [1.29, 1.82) is 0 Å². The standard InChI is InChI=1S/C19H20FNO4S/c1-3-24-19(23)18(14-6-4-5-7-15(14)20)21-9-8-16-13(11-21)10-17(26-16)25-12(2)22/h4-7,10,18H,3,8-9,11H2,1-2H3. The minimum atomic E-state index is -0.804. The number of carbonyl (C=O) groups excluding carboxylic acids is 2. The molecule has 1 aliphatic rings. The molecule has 5 nitrogen and oxygen atoms in total. The SMILES string of the molecule is CCOC(=O)C(c1ccccc1F)N1CCc2sc(OC(C)=O)cc2C1. The smallest absolute Gasteiger partial charge is 0.328 e. The Kier molecular flexibility index (Phi) is 5.68. The van der Waals surface area contributed by atoms with Crippen LogP contribution in [0, 0.1) is 5.82 Å². The Hall–Kier alpha value is -2.25. The van der Waals surface area contributed by atoms with Crippen molar-refractivity contribution in [2.45, 2.75) is 32.9 Å². The number of esters is 2. The molecule has 1 unspecified atom stereocenters. The van der Waals surface area contributed by atoms with Crippen LogP contribution >= 0.6 is 11.3 Å². The molecule has 2 heterocycles. The van der Waals surface area contributed by atoms with Gasteiger partial charge in [-0.2, -0.15) is 0 Å². The van der Waals surface area contributed by atoms with Gasteiger partial charge in [0.1, 0.15) is 11.9 Å². The Labute approximate surface area is 155 Å². The Morgan fingerprint density at radius 1 is 1.35 bits per heavy atom. The molecule has 3 rings (SSSR count). The summed E-state index contributed by atoms with van der Waals surface area (Å²) < 4.78 is 24.7. The highest BCUT2D eigenvalue weighted by molar-refractivity contribution is 7.14. The summed E-state index contributed by atoms with van der Waals surface area (Å²) in [4.78, 5) is 26.7. The average molecular weight is 377 g/mol. The molecule has 138 valence electrons. The summed E-state index contributed by atoms with van der Waals surface area (Å²) in [6.45, 7) is 4.38. The Bertz CT molecular complexity index is 820. The second-order valence-corrected chi connectivity index (χ2v) is 7.10. The van der Waals surface area contributed by atoms with E-state index in [1.54, 1.807) is 25.1 Å². The minimum absolute atomic E-state index is 0.234. The molecule has 1 aromatic carbocycles. The predicted octanol–water partition coefficient (Wildman–Crippen LogP) is 3.48. The molecule has 2 aromatic rings. The van der Waals surface area contributed by atoms with Gasteiger partial charge in [-0.15, -0.1) is 11.3 Å². The number of ether oxygens (including phenoxy) is 2. The Balaban J connectivity index is 1.88. The lowest BCUT2D eigenvalue weighted by Gasteiger charge is -2.33. The molecule has 0 N–H and O–H groups in total. The normalized spacial score (nSPS) is 15.2. The zero-order valence-electron chi connectivity index (χ0n) is 14.7. The van der Waals surface area contributed by atoms with E-state index in [0.29, 0.717) is 30.1 Å². The van der Waals surface area contributed by atoms with Gasteiger partial charge in [0.05, 0.1) is 6.61 Å². The summed E-state index contributed by atoms with van der Waals surface area (Å²) in [6.07, 6.45) is 0.700. The first kappa shape index (κ1) is 18.5. The first-order valence-electron chi connectivity index (χ1n) is 8.44. The number of hydrogen-bond acceptors (Lipinski definition) is 6. The average Bonchev–Trinajstić information content (AvgIpc) is 2.98. The van der Waals surface area contributed by atoms with Gasteiger partial charge in [0.15, 0.2) is 5.06 Å². The number of hydrogen-bond donors (Lipinski definition) is 0. The maximum Gasteiger partial charge on any atom is 0.328 e. The fraction of sp³-hybridized carbons (Fsp3) is 0.368. The molecule has 1 aromatic heterocycles. The van der Waals surface area contributed by atoms with Crippen LogP contribution in [0.15, 0.2) is 30.3 Å². The van der Waals surface area contributed by atoms with Crippen LogP contribution in [0.1, 0.15) is 35.9 Å². The van der Waals surface area contributed by atoms with Crippen molar-refractivity contribution < 1.29 is 23.5 Å². The molecule has 0 saturated carbocycles. The molecule has 7 heteroatoms. The summed E-state index contributed by atoms with van der Waals surface area (Å²) in [5, 5.41) is 0.544. The minimum Gasteiger partial charge on any atom is -0.465 e. The predicted molar refractivity (Wildman–Crippen MR) is 95.5 cm³/mol. The van der Waals surface area contributed by atoms with E-state index < -0.39 is 17.8 Å². The van der Waals surface area contributed by atoms with Gasteiger partial charge in [0, 0.05) is 30.5 Å². The number of benzene rings is 1. The third-order valence-electron chi connectivity index (χ3n) is 4.19. The molecule has 0 aliphatic carbocycles. The lowest BCUT2D eigenvalue weighted by atomic mass is 10.0. The summed E-state index contributed by atoms with van der Waals surface area (Å²) in [5.41, 5.74) is 1.30. The zero-order chi connectivity index (χ0) is 18.7. The number of carbonyl (C=O) groups is 2. The third-order valence-corrected chi connectivity index (χ3v) is 5.31. The highest BCUT2D eigenvalue weighted by Crippen LogP contribution is 2.36. The van der Waals surface area contributed by atoms with E-state index in [4.69, 9.17) is 9.47 Å². The van der Waals surface area contributed by atoms with Gasteiger partial charge < -0.3 is 9.47 Å². The van der Waals surface area contributed by atoms with Crippen LogP contribution in [-0.4, -0.2) is 30.0 Å². The molecular formula is C19H20FNO4S. The summed E-state index contributed by atoms with van der Waals surface area (Å²) in [7, 11) is 0. The number of halogens is 1. The Morgan fingerprint density at radius 2 is 2.12 bits per heavy atom.